The predicted molar refractivity (Wildman–Crippen MR) is 135 cm³/mol. The topological polar surface area (TPSA) is 87.5 Å². The summed E-state index contributed by atoms with van der Waals surface area (Å²) in [6, 6.07) is 1.79. The second-order valence-electron chi connectivity index (χ2n) is 9.28. The molecule has 0 bridgehead atoms. The van der Waals surface area contributed by atoms with Crippen molar-refractivity contribution < 1.29 is 13.2 Å². The van der Waals surface area contributed by atoms with Crippen molar-refractivity contribution >= 4 is 62.7 Å². The van der Waals surface area contributed by atoms with Gasteiger partial charge in [-0.1, -0.05) is 27.7 Å². The Balaban J connectivity index is 0.00000385. The third-order valence-electron chi connectivity index (χ3n) is 5.68. The standard InChI is InChI=1S/C22H35N5O3S2.Na/c1-15(2)20-10-17(22(31-20)16(3)4)11-21(28)24-32(29,30)27(19-12-23-26(6)14-19)18-8-7-9-25(5)13-18;/h10,12,14-16,18H,7-9,11,13H2,1-6H3,(H,24,28);. The van der Waals surface area contributed by atoms with Gasteiger partial charge in [-0.25, -0.2) is 9.03 Å². The molecule has 1 aliphatic rings. The van der Waals surface area contributed by atoms with Crippen molar-refractivity contribution in [3.05, 3.63) is 33.8 Å². The molecule has 3 rings (SSSR count). The van der Waals surface area contributed by atoms with Gasteiger partial charge in [0.25, 0.3) is 0 Å². The van der Waals surface area contributed by atoms with Gasteiger partial charge in [-0.2, -0.15) is 13.5 Å². The Hall–Kier alpha value is -0.910. The molecule has 1 atom stereocenters. The first-order valence-corrected chi connectivity index (χ1v) is 13.4. The number of likely N-dealkylation sites (N-methyl/N-ethyl adjacent to an activating group) is 1. The maximum atomic E-state index is 13.4. The molecule has 2 aromatic heterocycles. The second kappa shape index (κ2) is 11.7. The molecule has 1 fully saturated rings. The van der Waals surface area contributed by atoms with Crippen LogP contribution in [0.5, 0.6) is 0 Å². The summed E-state index contributed by atoms with van der Waals surface area (Å²) in [6.45, 7) is 9.96. The molecule has 1 saturated heterocycles. The molecule has 1 radical (unpaired) electrons. The minimum atomic E-state index is -4.09. The van der Waals surface area contributed by atoms with Crippen molar-refractivity contribution in [3.63, 3.8) is 0 Å². The summed E-state index contributed by atoms with van der Waals surface area (Å²) >= 11 is 1.71. The van der Waals surface area contributed by atoms with Gasteiger partial charge in [0.2, 0.25) is 5.91 Å². The number of thiophene rings is 1. The van der Waals surface area contributed by atoms with E-state index in [0.717, 1.165) is 29.8 Å². The summed E-state index contributed by atoms with van der Waals surface area (Å²) in [4.78, 5) is 17.4. The van der Waals surface area contributed by atoms with Gasteiger partial charge in [-0.05, 0) is 49.9 Å². The fraction of sp³-hybridized carbons (Fsp3) is 0.636. The van der Waals surface area contributed by atoms with Crippen LogP contribution in [0.4, 0.5) is 5.69 Å². The number of aromatic nitrogens is 2. The summed E-state index contributed by atoms with van der Waals surface area (Å²) in [6.07, 6.45) is 4.87. The molecular weight excluding hydrogens is 469 g/mol. The summed E-state index contributed by atoms with van der Waals surface area (Å²) in [7, 11) is -0.362. The molecule has 2 aromatic rings. The van der Waals surface area contributed by atoms with Crippen molar-refractivity contribution in [2.75, 3.05) is 24.4 Å². The molecule has 0 saturated carbocycles. The first kappa shape index (κ1) is 28.3. The van der Waals surface area contributed by atoms with Crippen LogP contribution in [-0.2, 0) is 28.5 Å². The monoisotopic (exact) mass is 504 g/mol. The fourth-order valence-corrected chi connectivity index (χ4v) is 6.76. The van der Waals surface area contributed by atoms with Crippen LogP contribution in [0.15, 0.2) is 18.5 Å². The van der Waals surface area contributed by atoms with E-state index in [4.69, 9.17) is 0 Å². The number of piperidine rings is 1. The number of hydrogen-bond donors (Lipinski definition) is 1. The van der Waals surface area contributed by atoms with Crippen molar-refractivity contribution in [3.8, 4) is 0 Å². The number of likely N-dealkylation sites (tertiary alicyclic amines) is 1. The number of nitrogens with one attached hydrogen (secondary N) is 1. The molecule has 11 heteroatoms. The van der Waals surface area contributed by atoms with Crippen LogP contribution in [0.2, 0.25) is 0 Å². The third-order valence-corrected chi connectivity index (χ3v) is 8.97. The summed E-state index contributed by atoms with van der Waals surface area (Å²) in [5.41, 5.74) is 1.38. The number of hydrogen-bond acceptors (Lipinski definition) is 6. The van der Waals surface area contributed by atoms with Gasteiger partial charge in [-0.3, -0.25) is 9.48 Å². The first-order chi connectivity index (χ1) is 15.0. The molecule has 8 nitrogen and oxygen atoms in total. The molecular formula is C22H35N5NaO3S2. The number of aryl methyl sites for hydroxylation is 1. The number of amides is 1. The van der Waals surface area contributed by atoms with Gasteiger partial charge in [0, 0.05) is 59.1 Å². The van der Waals surface area contributed by atoms with E-state index in [-0.39, 0.29) is 47.9 Å². The fourth-order valence-electron chi connectivity index (χ4n) is 4.18. The van der Waals surface area contributed by atoms with Gasteiger partial charge in [-0.15, -0.1) is 11.3 Å². The minimum absolute atomic E-state index is 0. The van der Waals surface area contributed by atoms with Gasteiger partial charge in [0.1, 0.15) is 0 Å². The van der Waals surface area contributed by atoms with Crippen molar-refractivity contribution in [2.45, 2.75) is 64.8 Å². The predicted octanol–water partition coefficient (Wildman–Crippen LogP) is 2.85. The number of nitrogens with zero attached hydrogens (tertiary/aromatic N) is 4. The van der Waals surface area contributed by atoms with Gasteiger partial charge >= 0.3 is 10.2 Å². The average Bonchev–Trinajstić information content (AvgIpc) is 3.27. The van der Waals surface area contributed by atoms with Crippen LogP contribution in [0.1, 0.15) is 67.7 Å². The van der Waals surface area contributed by atoms with E-state index in [1.807, 2.05) is 13.1 Å². The van der Waals surface area contributed by atoms with Crippen LogP contribution in [-0.4, -0.2) is 84.7 Å². The largest absolute Gasteiger partial charge is 0.326 e. The van der Waals surface area contributed by atoms with Crippen LogP contribution < -0.4 is 9.03 Å². The Morgan fingerprint density at radius 3 is 2.52 bits per heavy atom. The zero-order valence-electron chi connectivity index (χ0n) is 20.8. The van der Waals surface area contributed by atoms with Gasteiger partial charge in [0.05, 0.1) is 24.3 Å². The van der Waals surface area contributed by atoms with Crippen LogP contribution in [0, 0.1) is 0 Å². The zero-order valence-corrected chi connectivity index (χ0v) is 24.5. The first-order valence-electron chi connectivity index (χ1n) is 11.1. The smallest absolute Gasteiger partial charge is 0.304 e. The molecule has 0 aliphatic carbocycles. The van der Waals surface area contributed by atoms with Crippen LogP contribution in [0.25, 0.3) is 0 Å². The third kappa shape index (κ3) is 7.05. The van der Waals surface area contributed by atoms with E-state index in [2.05, 4.69) is 42.4 Å². The maximum absolute atomic E-state index is 13.4. The Morgan fingerprint density at radius 2 is 1.97 bits per heavy atom. The van der Waals surface area contributed by atoms with E-state index in [1.165, 1.54) is 15.4 Å². The summed E-state index contributed by atoms with van der Waals surface area (Å²) in [5, 5.41) is 4.15. The van der Waals surface area contributed by atoms with Crippen molar-refractivity contribution in [1.29, 1.82) is 0 Å². The number of carbonyl (C=O) groups is 1. The molecule has 1 N–H and O–H groups in total. The average molecular weight is 505 g/mol. The normalized spacial score (nSPS) is 17.3. The maximum Gasteiger partial charge on any atom is 0.326 e. The Morgan fingerprint density at radius 1 is 1.27 bits per heavy atom. The van der Waals surface area contributed by atoms with E-state index in [1.54, 1.807) is 29.3 Å². The Kier molecular flexibility index (Phi) is 10.0. The molecule has 0 aromatic carbocycles. The summed E-state index contributed by atoms with van der Waals surface area (Å²) < 4.78 is 32.1. The number of carbonyl (C=O) groups excluding carboxylic acids is 1. The number of rotatable bonds is 8. The SMILES string of the molecule is CC(C)c1cc(CC(=O)NS(=O)(=O)N(c2cnn(C)c2)C2CCCN(C)C2)c(C(C)C)s1.[Na]. The molecule has 33 heavy (non-hydrogen) atoms. The Bertz CT molecular complexity index is 1050. The summed E-state index contributed by atoms with van der Waals surface area (Å²) in [5.74, 6) is 0.122. The van der Waals surface area contributed by atoms with Gasteiger partial charge in [0.15, 0.2) is 0 Å². The minimum Gasteiger partial charge on any atom is -0.304 e. The Labute approximate surface area is 224 Å². The molecule has 3 heterocycles. The van der Waals surface area contributed by atoms with Gasteiger partial charge < -0.3 is 4.90 Å². The molecule has 0 spiro atoms. The molecule has 1 unspecified atom stereocenters. The van der Waals surface area contributed by atoms with E-state index < -0.39 is 16.1 Å². The second-order valence-corrected chi connectivity index (χ2v) is 11.9. The van der Waals surface area contributed by atoms with E-state index >= 15 is 0 Å². The van der Waals surface area contributed by atoms with E-state index in [0.29, 0.717) is 18.2 Å². The van der Waals surface area contributed by atoms with Crippen molar-refractivity contribution in [2.24, 2.45) is 7.05 Å². The molecule has 179 valence electrons. The molecule has 1 aliphatic heterocycles. The van der Waals surface area contributed by atoms with Crippen LogP contribution in [0.3, 0.4) is 0 Å². The number of anilines is 1. The van der Waals surface area contributed by atoms with Crippen LogP contribution >= 0.6 is 11.3 Å². The quantitative estimate of drug-likeness (QED) is 0.559. The molecule has 1 amide bonds. The zero-order chi connectivity index (χ0) is 23.6. The van der Waals surface area contributed by atoms with Crippen molar-refractivity contribution in [1.82, 2.24) is 19.4 Å². The van der Waals surface area contributed by atoms with E-state index in [9.17, 15) is 13.2 Å².